The Morgan fingerprint density at radius 3 is 2.42 bits per heavy atom. The molecule has 0 bridgehead atoms. The SMILES string of the molecule is CC(CCN)c1ccc(-c2ccc(F)cc2Br)cc1. The van der Waals surface area contributed by atoms with Crippen LogP contribution in [0.15, 0.2) is 46.9 Å². The average molecular weight is 322 g/mol. The molecule has 0 amide bonds. The van der Waals surface area contributed by atoms with E-state index in [2.05, 4.69) is 47.1 Å². The molecule has 0 fully saturated rings. The summed E-state index contributed by atoms with van der Waals surface area (Å²) in [5.41, 5.74) is 8.94. The Kier molecular flexibility index (Phi) is 4.72. The van der Waals surface area contributed by atoms with E-state index in [1.54, 1.807) is 6.07 Å². The van der Waals surface area contributed by atoms with Crippen LogP contribution in [0.3, 0.4) is 0 Å². The van der Waals surface area contributed by atoms with Crippen LogP contribution in [0.25, 0.3) is 11.1 Å². The third kappa shape index (κ3) is 3.43. The number of benzene rings is 2. The van der Waals surface area contributed by atoms with Crippen molar-refractivity contribution in [3.05, 3.63) is 58.3 Å². The minimum atomic E-state index is -0.233. The smallest absolute Gasteiger partial charge is 0.124 e. The van der Waals surface area contributed by atoms with Crippen LogP contribution < -0.4 is 5.73 Å². The molecule has 2 aromatic rings. The highest BCUT2D eigenvalue weighted by molar-refractivity contribution is 9.10. The van der Waals surface area contributed by atoms with Crippen molar-refractivity contribution in [2.24, 2.45) is 5.73 Å². The molecule has 0 aliphatic heterocycles. The van der Waals surface area contributed by atoms with E-state index in [1.165, 1.54) is 17.7 Å². The molecule has 1 unspecified atom stereocenters. The number of hydrogen-bond acceptors (Lipinski definition) is 1. The summed E-state index contributed by atoms with van der Waals surface area (Å²) < 4.78 is 13.8. The summed E-state index contributed by atoms with van der Waals surface area (Å²) in [6, 6.07) is 13.1. The van der Waals surface area contributed by atoms with Crippen molar-refractivity contribution in [2.75, 3.05) is 6.54 Å². The molecule has 0 radical (unpaired) electrons. The molecule has 0 saturated heterocycles. The molecule has 2 aromatic carbocycles. The number of hydrogen-bond donors (Lipinski definition) is 1. The third-order valence-electron chi connectivity index (χ3n) is 3.32. The van der Waals surface area contributed by atoms with Gasteiger partial charge in [-0.1, -0.05) is 53.2 Å². The summed E-state index contributed by atoms with van der Waals surface area (Å²) in [7, 11) is 0. The molecule has 0 spiro atoms. The maximum atomic E-state index is 13.1. The van der Waals surface area contributed by atoms with Crippen molar-refractivity contribution in [3.8, 4) is 11.1 Å². The van der Waals surface area contributed by atoms with Crippen LogP contribution in [0, 0.1) is 5.82 Å². The van der Waals surface area contributed by atoms with Gasteiger partial charge in [-0.2, -0.15) is 0 Å². The Bertz CT molecular complexity index is 551. The van der Waals surface area contributed by atoms with Crippen LogP contribution >= 0.6 is 15.9 Å². The summed E-state index contributed by atoms with van der Waals surface area (Å²) in [4.78, 5) is 0. The molecule has 0 aromatic heterocycles. The third-order valence-corrected chi connectivity index (χ3v) is 3.98. The van der Waals surface area contributed by atoms with E-state index in [0.29, 0.717) is 12.5 Å². The highest BCUT2D eigenvalue weighted by Gasteiger charge is 2.07. The van der Waals surface area contributed by atoms with Gasteiger partial charge in [-0.15, -0.1) is 0 Å². The standard InChI is InChI=1S/C16H17BrFN/c1-11(8-9-19)12-2-4-13(5-3-12)15-7-6-14(18)10-16(15)17/h2-7,10-11H,8-9,19H2,1H3. The summed E-state index contributed by atoms with van der Waals surface area (Å²) >= 11 is 3.40. The second kappa shape index (κ2) is 6.31. The summed E-state index contributed by atoms with van der Waals surface area (Å²) in [5, 5.41) is 0. The van der Waals surface area contributed by atoms with Gasteiger partial charge in [0.1, 0.15) is 5.82 Å². The quantitative estimate of drug-likeness (QED) is 0.867. The first-order valence-corrected chi connectivity index (χ1v) is 7.16. The van der Waals surface area contributed by atoms with Crippen LogP contribution in [-0.2, 0) is 0 Å². The van der Waals surface area contributed by atoms with E-state index in [9.17, 15) is 4.39 Å². The normalized spacial score (nSPS) is 12.4. The second-order valence-electron chi connectivity index (χ2n) is 4.72. The Morgan fingerprint density at radius 1 is 1.16 bits per heavy atom. The van der Waals surface area contributed by atoms with Crippen molar-refractivity contribution in [3.63, 3.8) is 0 Å². The topological polar surface area (TPSA) is 26.0 Å². The summed E-state index contributed by atoms with van der Waals surface area (Å²) in [6.07, 6.45) is 0.986. The molecule has 3 heteroatoms. The molecule has 2 rings (SSSR count). The summed E-state index contributed by atoms with van der Waals surface area (Å²) in [5.74, 6) is 0.236. The van der Waals surface area contributed by atoms with Gasteiger partial charge >= 0.3 is 0 Å². The van der Waals surface area contributed by atoms with Gasteiger partial charge in [0.25, 0.3) is 0 Å². The maximum absolute atomic E-state index is 13.1. The van der Waals surface area contributed by atoms with Crippen LogP contribution in [0.2, 0.25) is 0 Å². The fraction of sp³-hybridized carbons (Fsp3) is 0.250. The first-order chi connectivity index (χ1) is 9.11. The van der Waals surface area contributed by atoms with Gasteiger partial charge in [-0.3, -0.25) is 0 Å². The van der Waals surface area contributed by atoms with Crippen molar-refractivity contribution >= 4 is 15.9 Å². The molecule has 1 nitrogen and oxygen atoms in total. The minimum Gasteiger partial charge on any atom is -0.330 e. The fourth-order valence-corrected chi connectivity index (χ4v) is 2.71. The van der Waals surface area contributed by atoms with Crippen LogP contribution in [0.1, 0.15) is 24.8 Å². The molecule has 0 saturated carbocycles. The molecule has 19 heavy (non-hydrogen) atoms. The Balaban J connectivity index is 2.27. The van der Waals surface area contributed by atoms with Gasteiger partial charge in [0.2, 0.25) is 0 Å². The lowest BCUT2D eigenvalue weighted by molar-refractivity contribution is 0.627. The number of nitrogens with two attached hydrogens (primary N) is 1. The molecule has 1 atom stereocenters. The van der Waals surface area contributed by atoms with E-state index in [1.807, 2.05) is 0 Å². The van der Waals surface area contributed by atoms with Crippen molar-refractivity contribution < 1.29 is 4.39 Å². The zero-order valence-electron chi connectivity index (χ0n) is 10.9. The Labute approximate surface area is 121 Å². The van der Waals surface area contributed by atoms with Crippen molar-refractivity contribution in [1.82, 2.24) is 0 Å². The first kappa shape index (κ1) is 14.2. The average Bonchev–Trinajstić information content (AvgIpc) is 2.39. The summed E-state index contributed by atoms with van der Waals surface area (Å²) in [6.45, 7) is 2.88. The first-order valence-electron chi connectivity index (χ1n) is 6.37. The number of halogens is 2. The zero-order chi connectivity index (χ0) is 13.8. The lowest BCUT2D eigenvalue weighted by Gasteiger charge is -2.12. The van der Waals surface area contributed by atoms with Crippen LogP contribution in [0.5, 0.6) is 0 Å². The zero-order valence-corrected chi connectivity index (χ0v) is 12.5. The predicted molar refractivity (Wildman–Crippen MR) is 81.6 cm³/mol. The maximum Gasteiger partial charge on any atom is 0.124 e. The van der Waals surface area contributed by atoms with Crippen LogP contribution in [-0.4, -0.2) is 6.54 Å². The van der Waals surface area contributed by atoms with Crippen molar-refractivity contribution in [1.29, 1.82) is 0 Å². The molecule has 100 valence electrons. The largest absolute Gasteiger partial charge is 0.330 e. The molecule has 0 heterocycles. The Hall–Kier alpha value is -1.19. The number of rotatable bonds is 4. The van der Waals surface area contributed by atoms with Gasteiger partial charge in [-0.25, -0.2) is 4.39 Å². The molecular formula is C16H17BrFN. The van der Waals surface area contributed by atoms with Crippen molar-refractivity contribution in [2.45, 2.75) is 19.3 Å². The van der Waals surface area contributed by atoms with Gasteiger partial charge in [0.05, 0.1) is 0 Å². The monoisotopic (exact) mass is 321 g/mol. The highest BCUT2D eigenvalue weighted by atomic mass is 79.9. The molecule has 2 N–H and O–H groups in total. The molecule has 0 aliphatic rings. The van der Waals surface area contributed by atoms with Gasteiger partial charge in [0, 0.05) is 4.47 Å². The lowest BCUT2D eigenvalue weighted by atomic mass is 9.95. The van der Waals surface area contributed by atoms with E-state index in [4.69, 9.17) is 5.73 Å². The lowest BCUT2D eigenvalue weighted by Crippen LogP contribution is -2.04. The van der Waals surface area contributed by atoms with Crippen LogP contribution in [0.4, 0.5) is 4.39 Å². The van der Waals surface area contributed by atoms with Gasteiger partial charge < -0.3 is 5.73 Å². The minimum absolute atomic E-state index is 0.233. The Morgan fingerprint density at radius 2 is 1.84 bits per heavy atom. The van der Waals surface area contributed by atoms with Gasteiger partial charge in [-0.05, 0) is 47.7 Å². The molecule has 0 aliphatic carbocycles. The van der Waals surface area contributed by atoms with E-state index < -0.39 is 0 Å². The van der Waals surface area contributed by atoms with E-state index in [-0.39, 0.29) is 5.82 Å². The fourth-order valence-electron chi connectivity index (χ4n) is 2.13. The van der Waals surface area contributed by atoms with E-state index in [0.717, 1.165) is 22.0 Å². The van der Waals surface area contributed by atoms with E-state index >= 15 is 0 Å². The highest BCUT2D eigenvalue weighted by Crippen LogP contribution is 2.30. The van der Waals surface area contributed by atoms with Gasteiger partial charge in [0.15, 0.2) is 0 Å². The predicted octanol–water partition coefficient (Wildman–Crippen LogP) is 4.71. The molecular weight excluding hydrogens is 305 g/mol. The second-order valence-corrected chi connectivity index (χ2v) is 5.58.